The van der Waals surface area contributed by atoms with Crippen LogP contribution in [0.25, 0.3) is 11.1 Å². The molecule has 2 aromatic carbocycles. The van der Waals surface area contributed by atoms with Gasteiger partial charge in [0.2, 0.25) is 5.91 Å². The quantitative estimate of drug-likeness (QED) is 0.853. The van der Waals surface area contributed by atoms with Crippen LogP contribution in [0.4, 0.5) is 5.69 Å². The van der Waals surface area contributed by atoms with E-state index in [1.165, 1.54) is 24.0 Å². The van der Waals surface area contributed by atoms with E-state index in [9.17, 15) is 4.79 Å². The van der Waals surface area contributed by atoms with Crippen LogP contribution >= 0.6 is 0 Å². The zero-order valence-corrected chi connectivity index (χ0v) is 14.3. The molecule has 3 nitrogen and oxygen atoms in total. The number of benzene rings is 2. The van der Waals surface area contributed by atoms with Gasteiger partial charge in [0.15, 0.2) is 0 Å². The Kier molecular flexibility index (Phi) is 5.52. The van der Waals surface area contributed by atoms with Crippen LogP contribution < -0.4 is 10.6 Å². The first kappa shape index (κ1) is 16.6. The maximum Gasteiger partial charge on any atom is 0.239 e. The van der Waals surface area contributed by atoms with E-state index in [0.29, 0.717) is 12.6 Å². The molecule has 1 amide bonds. The van der Waals surface area contributed by atoms with E-state index in [2.05, 4.69) is 41.8 Å². The Balaban J connectivity index is 1.47. The van der Waals surface area contributed by atoms with E-state index in [1.807, 2.05) is 30.3 Å². The van der Waals surface area contributed by atoms with E-state index in [4.69, 9.17) is 0 Å². The molecule has 1 aliphatic rings. The molecule has 0 unspecified atom stereocenters. The molecule has 1 saturated carbocycles. The molecule has 24 heavy (non-hydrogen) atoms. The average Bonchev–Trinajstić information content (AvgIpc) is 2.63. The summed E-state index contributed by atoms with van der Waals surface area (Å²) in [6.45, 7) is 2.62. The van der Waals surface area contributed by atoms with Crippen molar-refractivity contribution < 1.29 is 4.79 Å². The summed E-state index contributed by atoms with van der Waals surface area (Å²) in [5.74, 6) is 0.890. The van der Waals surface area contributed by atoms with Gasteiger partial charge in [-0.1, -0.05) is 49.4 Å². The Morgan fingerprint density at radius 1 is 0.917 bits per heavy atom. The van der Waals surface area contributed by atoms with Gasteiger partial charge in [-0.3, -0.25) is 4.79 Å². The minimum Gasteiger partial charge on any atom is -0.376 e. The van der Waals surface area contributed by atoms with Crippen LogP contribution in [0.5, 0.6) is 0 Å². The smallest absolute Gasteiger partial charge is 0.239 e. The van der Waals surface area contributed by atoms with Crippen LogP contribution in [0.1, 0.15) is 32.6 Å². The highest BCUT2D eigenvalue weighted by Gasteiger charge is 2.19. The predicted molar refractivity (Wildman–Crippen MR) is 99.9 cm³/mol. The SMILES string of the molecule is CC1CCC(NC(=O)CNc2ccc(-c3ccccc3)cc2)CC1. The molecule has 0 bridgehead atoms. The van der Waals surface area contributed by atoms with Gasteiger partial charge in [-0.25, -0.2) is 0 Å². The van der Waals surface area contributed by atoms with Crippen molar-refractivity contribution in [2.45, 2.75) is 38.6 Å². The molecule has 0 radical (unpaired) electrons. The first-order valence-electron chi connectivity index (χ1n) is 8.89. The van der Waals surface area contributed by atoms with Crippen molar-refractivity contribution in [1.82, 2.24) is 5.32 Å². The second-order valence-corrected chi connectivity index (χ2v) is 6.82. The summed E-state index contributed by atoms with van der Waals surface area (Å²) in [6, 6.07) is 18.9. The zero-order valence-electron chi connectivity index (χ0n) is 14.3. The third-order valence-corrected chi connectivity index (χ3v) is 4.83. The van der Waals surface area contributed by atoms with Gasteiger partial charge in [0.25, 0.3) is 0 Å². The first-order chi connectivity index (χ1) is 11.7. The van der Waals surface area contributed by atoms with Crippen molar-refractivity contribution >= 4 is 11.6 Å². The Labute approximate surface area is 144 Å². The van der Waals surface area contributed by atoms with Crippen molar-refractivity contribution in [3.63, 3.8) is 0 Å². The summed E-state index contributed by atoms with van der Waals surface area (Å²) >= 11 is 0. The fraction of sp³-hybridized carbons (Fsp3) is 0.381. The summed E-state index contributed by atoms with van der Waals surface area (Å²) < 4.78 is 0. The Morgan fingerprint density at radius 3 is 2.21 bits per heavy atom. The number of carbonyl (C=O) groups is 1. The molecule has 3 rings (SSSR count). The van der Waals surface area contributed by atoms with Crippen LogP contribution in [0.15, 0.2) is 54.6 Å². The molecular formula is C21H26N2O. The first-order valence-corrected chi connectivity index (χ1v) is 8.89. The maximum atomic E-state index is 12.1. The minimum absolute atomic E-state index is 0.0849. The standard InChI is InChI=1S/C21H26N2O/c1-16-7-11-20(12-8-16)23-21(24)15-22-19-13-9-18(10-14-19)17-5-3-2-4-6-17/h2-6,9-10,13-14,16,20,22H,7-8,11-12,15H2,1H3,(H,23,24). The molecule has 1 fully saturated rings. The topological polar surface area (TPSA) is 41.1 Å². The lowest BCUT2D eigenvalue weighted by molar-refractivity contribution is -0.120. The van der Waals surface area contributed by atoms with Crippen LogP contribution in [-0.4, -0.2) is 18.5 Å². The maximum absolute atomic E-state index is 12.1. The molecule has 0 aromatic heterocycles. The molecular weight excluding hydrogens is 296 g/mol. The molecule has 0 spiro atoms. The number of amides is 1. The number of hydrogen-bond acceptors (Lipinski definition) is 2. The third-order valence-electron chi connectivity index (χ3n) is 4.83. The second kappa shape index (κ2) is 8.00. The highest BCUT2D eigenvalue weighted by atomic mass is 16.1. The van der Waals surface area contributed by atoms with Crippen LogP contribution in [0.3, 0.4) is 0 Å². The molecule has 2 N–H and O–H groups in total. The summed E-state index contributed by atoms with van der Waals surface area (Å²) in [7, 11) is 0. The van der Waals surface area contributed by atoms with Gasteiger partial charge in [-0.2, -0.15) is 0 Å². The van der Waals surface area contributed by atoms with Crippen LogP contribution in [-0.2, 0) is 4.79 Å². The van der Waals surface area contributed by atoms with Gasteiger partial charge in [0, 0.05) is 11.7 Å². The lowest BCUT2D eigenvalue weighted by Gasteiger charge is -2.27. The summed E-state index contributed by atoms with van der Waals surface area (Å²) in [5, 5.41) is 6.35. The van der Waals surface area contributed by atoms with Crippen LogP contribution in [0.2, 0.25) is 0 Å². The van der Waals surface area contributed by atoms with Gasteiger partial charge in [0.1, 0.15) is 0 Å². The largest absolute Gasteiger partial charge is 0.376 e. The van der Waals surface area contributed by atoms with Gasteiger partial charge < -0.3 is 10.6 Å². The molecule has 3 heteroatoms. The highest BCUT2D eigenvalue weighted by molar-refractivity contribution is 5.81. The molecule has 0 atom stereocenters. The van der Waals surface area contributed by atoms with Crippen molar-refractivity contribution in [2.24, 2.45) is 5.92 Å². The number of rotatable bonds is 5. The van der Waals surface area contributed by atoms with E-state index in [0.717, 1.165) is 24.4 Å². The van der Waals surface area contributed by atoms with Crippen molar-refractivity contribution in [1.29, 1.82) is 0 Å². The monoisotopic (exact) mass is 322 g/mol. The van der Waals surface area contributed by atoms with E-state index in [-0.39, 0.29) is 5.91 Å². The minimum atomic E-state index is 0.0849. The number of hydrogen-bond donors (Lipinski definition) is 2. The predicted octanol–water partition coefficient (Wildman–Crippen LogP) is 4.46. The van der Waals surface area contributed by atoms with E-state index < -0.39 is 0 Å². The summed E-state index contributed by atoms with van der Waals surface area (Å²) in [4.78, 5) is 12.1. The normalized spacial score (nSPS) is 20.4. The Hall–Kier alpha value is -2.29. The number of carbonyl (C=O) groups excluding carboxylic acids is 1. The highest BCUT2D eigenvalue weighted by Crippen LogP contribution is 2.23. The zero-order chi connectivity index (χ0) is 16.8. The lowest BCUT2D eigenvalue weighted by Crippen LogP contribution is -2.40. The second-order valence-electron chi connectivity index (χ2n) is 6.82. The molecule has 0 saturated heterocycles. The van der Waals surface area contributed by atoms with Gasteiger partial charge in [0.05, 0.1) is 6.54 Å². The van der Waals surface area contributed by atoms with Crippen molar-refractivity contribution in [2.75, 3.05) is 11.9 Å². The van der Waals surface area contributed by atoms with Gasteiger partial charge >= 0.3 is 0 Å². The van der Waals surface area contributed by atoms with Gasteiger partial charge in [-0.15, -0.1) is 0 Å². The number of nitrogens with one attached hydrogen (secondary N) is 2. The molecule has 2 aromatic rings. The van der Waals surface area contributed by atoms with Crippen LogP contribution in [0, 0.1) is 5.92 Å². The summed E-state index contributed by atoms with van der Waals surface area (Å²) in [6.07, 6.45) is 4.66. The Bertz CT molecular complexity index is 643. The average molecular weight is 322 g/mol. The van der Waals surface area contributed by atoms with E-state index >= 15 is 0 Å². The van der Waals surface area contributed by atoms with Crippen molar-refractivity contribution in [3.8, 4) is 11.1 Å². The summed E-state index contributed by atoms with van der Waals surface area (Å²) in [5.41, 5.74) is 3.36. The molecule has 0 aliphatic heterocycles. The Morgan fingerprint density at radius 2 is 1.54 bits per heavy atom. The fourth-order valence-corrected chi connectivity index (χ4v) is 3.28. The third kappa shape index (κ3) is 4.60. The molecule has 126 valence electrons. The molecule has 1 aliphatic carbocycles. The van der Waals surface area contributed by atoms with Crippen molar-refractivity contribution in [3.05, 3.63) is 54.6 Å². The fourth-order valence-electron chi connectivity index (χ4n) is 3.28. The number of anilines is 1. The lowest BCUT2D eigenvalue weighted by atomic mass is 9.87. The molecule has 0 heterocycles. The van der Waals surface area contributed by atoms with Gasteiger partial charge in [-0.05, 0) is 54.9 Å². The van der Waals surface area contributed by atoms with E-state index in [1.54, 1.807) is 0 Å².